The fourth-order valence-corrected chi connectivity index (χ4v) is 5.24. The normalized spacial score (nSPS) is 15.0. The van der Waals surface area contributed by atoms with E-state index in [1.807, 2.05) is 68.1 Å². The van der Waals surface area contributed by atoms with Crippen molar-refractivity contribution >= 4 is 42.4 Å². The highest BCUT2D eigenvalue weighted by molar-refractivity contribution is 5.94. The van der Waals surface area contributed by atoms with Gasteiger partial charge in [-0.05, 0) is 76.1 Å². The van der Waals surface area contributed by atoms with Gasteiger partial charge < -0.3 is 30.6 Å². The number of nitrogens with two attached hydrogens (primary N) is 1. The van der Waals surface area contributed by atoms with E-state index in [1.54, 1.807) is 24.2 Å². The number of aryl methyl sites for hydroxylation is 1. The average Bonchev–Trinajstić information content (AvgIpc) is 3.67. The summed E-state index contributed by atoms with van der Waals surface area (Å²) < 4.78 is 7.13. The van der Waals surface area contributed by atoms with E-state index in [-0.39, 0.29) is 36.6 Å². The van der Waals surface area contributed by atoms with Gasteiger partial charge in [0, 0.05) is 31.4 Å². The Bertz CT molecular complexity index is 1290. The van der Waals surface area contributed by atoms with Crippen LogP contribution in [0.15, 0.2) is 67.1 Å². The molecule has 1 fully saturated rings. The summed E-state index contributed by atoms with van der Waals surface area (Å²) in [4.78, 5) is 33.8. The van der Waals surface area contributed by atoms with E-state index in [0.29, 0.717) is 18.8 Å². The maximum atomic E-state index is 13.9. The van der Waals surface area contributed by atoms with E-state index in [1.165, 1.54) is 5.56 Å². The molecule has 0 spiro atoms. The Kier molecular flexibility index (Phi) is 13.5. The van der Waals surface area contributed by atoms with Gasteiger partial charge in [0.1, 0.15) is 11.3 Å². The minimum absolute atomic E-state index is 0. The number of nitrogens with zero attached hydrogens (tertiary/aromatic N) is 3. The van der Waals surface area contributed by atoms with Gasteiger partial charge in [0.05, 0.1) is 19.5 Å². The summed E-state index contributed by atoms with van der Waals surface area (Å²) in [7, 11) is 1.62. The van der Waals surface area contributed by atoms with Crippen molar-refractivity contribution in [1.82, 2.24) is 19.8 Å². The van der Waals surface area contributed by atoms with Gasteiger partial charge in [-0.25, -0.2) is 4.98 Å². The van der Waals surface area contributed by atoms with Crippen molar-refractivity contribution in [1.29, 1.82) is 0 Å². The van der Waals surface area contributed by atoms with Crippen LogP contribution in [0.3, 0.4) is 0 Å². The van der Waals surface area contributed by atoms with Crippen LogP contribution in [-0.2, 0) is 21.5 Å². The third-order valence-corrected chi connectivity index (χ3v) is 7.73. The van der Waals surface area contributed by atoms with Gasteiger partial charge in [-0.1, -0.05) is 42.5 Å². The lowest BCUT2D eigenvalue weighted by Crippen LogP contribution is -2.50. The predicted octanol–water partition coefficient (Wildman–Crippen LogP) is 4.78. The number of anilines is 1. The fourth-order valence-electron chi connectivity index (χ4n) is 5.24. The zero-order chi connectivity index (χ0) is 29.5. The number of methoxy groups -OCH3 is 1. The summed E-state index contributed by atoms with van der Waals surface area (Å²) in [6.45, 7) is 7.72. The molecule has 2 atom stereocenters. The molecule has 0 aliphatic carbocycles. The number of benzene rings is 2. The van der Waals surface area contributed by atoms with E-state index in [9.17, 15) is 9.59 Å². The second-order valence-electron chi connectivity index (χ2n) is 11.8. The molecule has 2 amide bonds. The zero-order valence-electron chi connectivity index (χ0n) is 25.5. The van der Waals surface area contributed by atoms with Crippen LogP contribution in [0.2, 0.25) is 0 Å². The maximum Gasteiger partial charge on any atom is 0.253 e. The second-order valence-corrected chi connectivity index (χ2v) is 11.8. The molecule has 1 aliphatic rings. The highest BCUT2D eigenvalue weighted by Crippen LogP contribution is 2.32. The van der Waals surface area contributed by atoms with Gasteiger partial charge >= 0.3 is 0 Å². The zero-order valence-corrected chi connectivity index (χ0v) is 27.2. The van der Waals surface area contributed by atoms with Crippen molar-refractivity contribution in [2.45, 2.75) is 70.0 Å². The molecule has 1 aromatic heterocycles. The SMILES string of the molecule is COc1ccc([C@](C)(C(=O)N2CCCC2)n2cnc(NC(=O)[C@@H](CCCc3ccccc3)NCC(C)(C)N)c2)cc1.Cl.Cl. The number of aromatic nitrogens is 2. The van der Waals surface area contributed by atoms with Gasteiger partial charge in [0.2, 0.25) is 5.91 Å². The molecule has 236 valence electrons. The fraction of sp³-hybridized carbons (Fsp3) is 0.469. The van der Waals surface area contributed by atoms with E-state index in [0.717, 1.165) is 50.1 Å². The molecule has 2 aromatic carbocycles. The summed E-state index contributed by atoms with van der Waals surface area (Å²) in [5, 5.41) is 6.33. The molecule has 2 heterocycles. The largest absolute Gasteiger partial charge is 0.497 e. The third-order valence-electron chi connectivity index (χ3n) is 7.73. The van der Waals surface area contributed by atoms with E-state index in [4.69, 9.17) is 10.5 Å². The van der Waals surface area contributed by atoms with Crippen molar-refractivity contribution in [2.75, 3.05) is 32.1 Å². The Morgan fingerprint density at radius 3 is 2.28 bits per heavy atom. The van der Waals surface area contributed by atoms with Gasteiger partial charge in [0.25, 0.3) is 5.91 Å². The van der Waals surface area contributed by atoms with Crippen molar-refractivity contribution in [3.8, 4) is 5.75 Å². The monoisotopic (exact) mass is 632 g/mol. The Hall–Kier alpha value is -3.11. The van der Waals surface area contributed by atoms with Crippen LogP contribution in [-0.4, -0.2) is 64.6 Å². The highest BCUT2D eigenvalue weighted by atomic mass is 35.5. The molecule has 1 aliphatic heterocycles. The summed E-state index contributed by atoms with van der Waals surface area (Å²) in [6.07, 6.45) is 7.72. The van der Waals surface area contributed by atoms with Gasteiger partial charge in [-0.15, -0.1) is 24.8 Å². The third kappa shape index (κ3) is 9.44. The topological polar surface area (TPSA) is 115 Å². The number of halogens is 2. The highest BCUT2D eigenvalue weighted by Gasteiger charge is 2.41. The molecule has 0 bridgehead atoms. The van der Waals surface area contributed by atoms with Crippen LogP contribution in [0.4, 0.5) is 5.82 Å². The molecule has 0 saturated carbocycles. The maximum absolute atomic E-state index is 13.9. The summed E-state index contributed by atoms with van der Waals surface area (Å²) >= 11 is 0. The van der Waals surface area contributed by atoms with Crippen LogP contribution < -0.4 is 21.1 Å². The smallest absolute Gasteiger partial charge is 0.253 e. The second kappa shape index (κ2) is 16.1. The molecular formula is C32H46Cl2N6O3. The van der Waals surface area contributed by atoms with Crippen LogP contribution >= 0.6 is 24.8 Å². The first kappa shape index (κ1) is 36.1. The molecule has 3 aromatic rings. The van der Waals surface area contributed by atoms with E-state index >= 15 is 0 Å². The molecule has 0 unspecified atom stereocenters. The van der Waals surface area contributed by atoms with Crippen molar-refractivity contribution in [2.24, 2.45) is 5.73 Å². The van der Waals surface area contributed by atoms with Crippen LogP contribution in [0.25, 0.3) is 0 Å². The number of carbonyl (C=O) groups excluding carboxylic acids is 2. The van der Waals surface area contributed by atoms with Gasteiger partial charge in [-0.3, -0.25) is 9.59 Å². The molecule has 1 saturated heterocycles. The summed E-state index contributed by atoms with van der Waals surface area (Å²) in [5.74, 6) is 0.936. The molecule has 11 heteroatoms. The minimum Gasteiger partial charge on any atom is -0.497 e. The number of carbonyl (C=O) groups is 2. The Morgan fingerprint density at radius 1 is 1.02 bits per heavy atom. The number of amides is 2. The van der Waals surface area contributed by atoms with Crippen molar-refractivity contribution in [3.05, 3.63) is 78.2 Å². The molecule has 0 radical (unpaired) electrons. The Balaban J connectivity index is 0.00000323. The van der Waals surface area contributed by atoms with E-state index in [2.05, 4.69) is 27.8 Å². The Morgan fingerprint density at radius 2 is 1.67 bits per heavy atom. The van der Waals surface area contributed by atoms with E-state index < -0.39 is 17.1 Å². The number of hydrogen-bond acceptors (Lipinski definition) is 6. The number of ether oxygens (including phenoxy) is 1. The lowest BCUT2D eigenvalue weighted by Gasteiger charge is -2.34. The number of imidazole rings is 1. The first-order chi connectivity index (χ1) is 19.6. The average molecular weight is 634 g/mol. The van der Waals surface area contributed by atoms with Crippen molar-refractivity contribution in [3.63, 3.8) is 0 Å². The van der Waals surface area contributed by atoms with Gasteiger partial charge in [0.15, 0.2) is 5.82 Å². The first-order valence-corrected chi connectivity index (χ1v) is 14.5. The summed E-state index contributed by atoms with van der Waals surface area (Å²) in [6, 6.07) is 17.3. The molecule has 43 heavy (non-hydrogen) atoms. The standard InChI is InChI=1S/C32H44N6O3.2ClH/c1-31(2,33)22-34-27(14-10-13-24-11-6-5-7-12-24)29(39)36-28-21-38(23-35-28)32(3,30(40)37-19-8-9-20-37)25-15-17-26(41-4)18-16-25;;/h5-7,11-12,15-18,21,23,27,34H,8-10,13-14,19-20,22,33H2,1-4H3,(H,36,39);2*1H/t27-,32-;;/m1../s1. The van der Waals surface area contributed by atoms with Crippen molar-refractivity contribution < 1.29 is 14.3 Å². The number of likely N-dealkylation sites (tertiary alicyclic amines) is 1. The number of hydrogen-bond donors (Lipinski definition) is 3. The quantitative estimate of drug-likeness (QED) is 0.250. The van der Waals surface area contributed by atoms with Crippen LogP contribution in [0, 0.1) is 0 Å². The van der Waals surface area contributed by atoms with Crippen LogP contribution in [0.1, 0.15) is 57.6 Å². The molecular weight excluding hydrogens is 587 g/mol. The Labute approximate surface area is 267 Å². The lowest BCUT2D eigenvalue weighted by atomic mass is 9.90. The van der Waals surface area contributed by atoms with Gasteiger partial charge in [-0.2, -0.15) is 0 Å². The number of rotatable bonds is 13. The molecule has 4 N–H and O–H groups in total. The summed E-state index contributed by atoms with van der Waals surface area (Å²) in [5.41, 5.74) is 6.76. The molecule has 9 nitrogen and oxygen atoms in total. The molecule has 4 rings (SSSR count). The van der Waals surface area contributed by atoms with Crippen LogP contribution in [0.5, 0.6) is 5.75 Å². The lowest BCUT2D eigenvalue weighted by molar-refractivity contribution is -0.137. The predicted molar refractivity (Wildman–Crippen MR) is 176 cm³/mol. The first-order valence-electron chi connectivity index (χ1n) is 14.5. The minimum atomic E-state index is -1.04. The number of nitrogens with one attached hydrogen (secondary N) is 2.